The van der Waals surface area contributed by atoms with E-state index in [1.54, 1.807) is 14.0 Å². The van der Waals surface area contributed by atoms with Crippen LogP contribution in [0.1, 0.15) is 40.7 Å². The number of cyclic esters (lactones) is 1. The molecule has 0 aromatic heterocycles. The van der Waals surface area contributed by atoms with Gasteiger partial charge >= 0.3 is 5.97 Å². The lowest BCUT2D eigenvalue weighted by Gasteiger charge is -2.15. The maximum atomic E-state index is 12.4. The molecule has 128 valence electrons. The summed E-state index contributed by atoms with van der Waals surface area (Å²) >= 11 is 0. The summed E-state index contributed by atoms with van der Waals surface area (Å²) in [5.41, 5.74) is 1.94. The summed E-state index contributed by atoms with van der Waals surface area (Å²) in [6, 6.07) is 1.18. The molecule has 24 heavy (non-hydrogen) atoms. The van der Waals surface area contributed by atoms with Crippen LogP contribution >= 0.6 is 0 Å². The number of hydrogen-bond acceptors (Lipinski definition) is 5. The Labute approximate surface area is 142 Å². The topological polar surface area (TPSA) is 79.1 Å². The van der Waals surface area contributed by atoms with Crippen LogP contribution in [-0.4, -0.2) is 35.5 Å². The predicted octanol–water partition coefficient (Wildman–Crippen LogP) is 3.47. The molecule has 0 fully saturated rings. The smallest absolute Gasteiger partial charge is 0.342 e. The standard InChI is InChI=1S/C19H23NO4/c1-13-15-11-14(20-2)9-7-5-3-4-6-8-10-24-19(23)18(15)17(22)12-16(13)21/h4,6-7,9,12,21-22H,3,5,8,10-11H2,1-2H3/b6-4+,9-7+,20-14?. The minimum absolute atomic E-state index is 0.0532. The van der Waals surface area contributed by atoms with Crippen LogP contribution in [0.2, 0.25) is 0 Å². The third-order valence-corrected chi connectivity index (χ3v) is 4.01. The number of allylic oxidation sites excluding steroid dienone is 3. The number of carbonyl (C=O) groups excluding carboxylic acids is 1. The average Bonchev–Trinajstić information content (AvgIpc) is 2.55. The fourth-order valence-electron chi connectivity index (χ4n) is 2.59. The second kappa shape index (κ2) is 8.34. The molecule has 2 rings (SSSR count). The zero-order chi connectivity index (χ0) is 17.5. The first-order chi connectivity index (χ1) is 11.5. The molecule has 0 amide bonds. The van der Waals surface area contributed by atoms with E-state index < -0.39 is 5.97 Å². The molecule has 0 spiro atoms. The van der Waals surface area contributed by atoms with Gasteiger partial charge in [-0.2, -0.15) is 0 Å². The number of phenols is 2. The van der Waals surface area contributed by atoms with E-state index in [4.69, 9.17) is 4.74 Å². The summed E-state index contributed by atoms with van der Waals surface area (Å²) in [6.45, 7) is 1.96. The van der Waals surface area contributed by atoms with E-state index in [1.807, 2.05) is 18.2 Å². The molecule has 0 unspecified atom stereocenters. The van der Waals surface area contributed by atoms with Gasteiger partial charge in [0.2, 0.25) is 0 Å². The second-order valence-electron chi connectivity index (χ2n) is 5.66. The highest BCUT2D eigenvalue weighted by molar-refractivity contribution is 6.01. The molecule has 1 aliphatic rings. The number of benzene rings is 1. The van der Waals surface area contributed by atoms with E-state index in [9.17, 15) is 15.0 Å². The van der Waals surface area contributed by atoms with Crippen molar-refractivity contribution in [3.05, 3.63) is 47.1 Å². The first kappa shape index (κ1) is 17.8. The van der Waals surface area contributed by atoms with E-state index in [0.717, 1.165) is 18.6 Å². The van der Waals surface area contributed by atoms with Crippen molar-refractivity contribution < 1.29 is 19.7 Å². The van der Waals surface area contributed by atoms with Gasteiger partial charge in [-0.05, 0) is 43.4 Å². The van der Waals surface area contributed by atoms with Gasteiger partial charge in [0.25, 0.3) is 0 Å². The summed E-state index contributed by atoms with van der Waals surface area (Å²) in [6.07, 6.45) is 10.8. The zero-order valence-corrected chi connectivity index (χ0v) is 14.1. The number of nitrogens with zero attached hydrogens (tertiary/aromatic N) is 1. The summed E-state index contributed by atoms with van der Waals surface area (Å²) in [7, 11) is 1.68. The van der Waals surface area contributed by atoms with Crippen molar-refractivity contribution in [1.29, 1.82) is 0 Å². The van der Waals surface area contributed by atoms with Gasteiger partial charge in [-0.25, -0.2) is 4.79 Å². The summed E-state index contributed by atoms with van der Waals surface area (Å²) in [5.74, 6) is -0.918. The van der Waals surface area contributed by atoms with E-state index in [0.29, 0.717) is 24.0 Å². The van der Waals surface area contributed by atoms with Gasteiger partial charge in [0.1, 0.15) is 17.1 Å². The maximum absolute atomic E-state index is 12.4. The molecule has 2 N–H and O–H groups in total. The highest BCUT2D eigenvalue weighted by Gasteiger charge is 2.23. The monoisotopic (exact) mass is 329 g/mol. The predicted molar refractivity (Wildman–Crippen MR) is 94.0 cm³/mol. The van der Waals surface area contributed by atoms with Gasteiger partial charge in [0.05, 0.1) is 6.61 Å². The number of carbonyl (C=O) groups is 1. The SMILES string of the molecule is CN=C1/C=C/CC/C=C/CCOC(=O)c2c(O)cc(O)c(C)c2C1. The Kier molecular flexibility index (Phi) is 6.18. The zero-order valence-electron chi connectivity index (χ0n) is 14.1. The lowest BCUT2D eigenvalue weighted by Crippen LogP contribution is -2.13. The summed E-state index contributed by atoms with van der Waals surface area (Å²) < 4.78 is 5.27. The summed E-state index contributed by atoms with van der Waals surface area (Å²) in [4.78, 5) is 16.6. The molecule has 1 aromatic carbocycles. The molecule has 0 saturated heterocycles. The molecule has 0 radical (unpaired) electrons. The van der Waals surface area contributed by atoms with Crippen LogP contribution < -0.4 is 0 Å². The minimum Gasteiger partial charge on any atom is -0.508 e. The molecular formula is C19H23NO4. The molecule has 0 saturated carbocycles. The highest BCUT2D eigenvalue weighted by atomic mass is 16.5. The number of hydrogen-bond donors (Lipinski definition) is 2. The second-order valence-corrected chi connectivity index (χ2v) is 5.66. The van der Waals surface area contributed by atoms with Crippen molar-refractivity contribution in [2.45, 2.75) is 32.6 Å². The quantitative estimate of drug-likeness (QED) is 0.564. The fourth-order valence-corrected chi connectivity index (χ4v) is 2.59. The highest BCUT2D eigenvalue weighted by Crippen LogP contribution is 2.33. The number of fused-ring (bicyclic) bond motifs is 1. The maximum Gasteiger partial charge on any atom is 0.342 e. The number of aromatic hydroxyl groups is 2. The van der Waals surface area contributed by atoms with Gasteiger partial charge < -0.3 is 14.9 Å². The molecule has 0 aliphatic carbocycles. The molecule has 0 atom stereocenters. The lowest BCUT2D eigenvalue weighted by molar-refractivity contribution is 0.0507. The van der Waals surface area contributed by atoms with E-state index in [2.05, 4.69) is 11.1 Å². The van der Waals surface area contributed by atoms with Crippen LogP contribution in [0.15, 0.2) is 35.4 Å². The molecule has 1 heterocycles. The number of esters is 1. The largest absolute Gasteiger partial charge is 0.508 e. The molecule has 5 nitrogen and oxygen atoms in total. The Balaban J connectivity index is 2.50. The molecule has 1 aliphatic heterocycles. The van der Waals surface area contributed by atoms with E-state index in [-0.39, 0.29) is 23.7 Å². The van der Waals surface area contributed by atoms with Crippen LogP contribution in [0, 0.1) is 6.92 Å². The Morgan fingerprint density at radius 1 is 1.08 bits per heavy atom. The number of phenolic OH excluding ortho intramolecular Hbond substituents is 2. The van der Waals surface area contributed by atoms with Crippen LogP contribution in [0.5, 0.6) is 11.5 Å². The first-order valence-corrected chi connectivity index (χ1v) is 8.03. The van der Waals surface area contributed by atoms with E-state index >= 15 is 0 Å². The fraction of sp³-hybridized carbons (Fsp3) is 0.368. The van der Waals surface area contributed by atoms with Gasteiger partial charge in [0.15, 0.2) is 0 Å². The van der Waals surface area contributed by atoms with Crippen molar-refractivity contribution in [2.75, 3.05) is 13.7 Å². The van der Waals surface area contributed by atoms with Crippen molar-refractivity contribution in [2.24, 2.45) is 4.99 Å². The van der Waals surface area contributed by atoms with Crippen LogP contribution in [0.3, 0.4) is 0 Å². The normalized spacial score (nSPS) is 20.8. The Morgan fingerprint density at radius 3 is 2.54 bits per heavy atom. The van der Waals surface area contributed by atoms with Crippen LogP contribution in [-0.2, 0) is 11.2 Å². The first-order valence-electron chi connectivity index (χ1n) is 8.03. The third-order valence-electron chi connectivity index (χ3n) is 4.01. The van der Waals surface area contributed by atoms with Gasteiger partial charge in [-0.15, -0.1) is 0 Å². The molecular weight excluding hydrogens is 306 g/mol. The van der Waals surface area contributed by atoms with Crippen molar-refractivity contribution in [1.82, 2.24) is 0 Å². The van der Waals surface area contributed by atoms with Gasteiger partial charge in [-0.1, -0.05) is 18.2 Å². The Bertz CT molecular complexity index is 702. The molecule has 0 bridgehead atoms. The Hall–Kier alpha value is -2.56. The Morgan fingerprint density at radius 2 is 1.79 bits per heavy atom. The molecule has 1 aromatic rings. The molecule has 5 heteroatoms. The van der Waals surface area contributed by atoms with Crippen molar-refractivity contribution in [3.63, 3.8) is 0 Å². The number of ether oxygens (including phenoxy) is 1. The van der Waals surface area contributed by atoms with Crippen molar-refractivity contribution in [3.8, 4) is 11.5 Å². The van der Waals surface area contributed by atoms with Gasteiger partial charge in [-0.3, -0.25) is 4.99 Å². The minimum atomic E-state index is -0.588. The van der Waals surface area contributed by atoms with Crippen molar-refractivity contribution >= 4 is 11.7 Å². The van der Waals surface area contributed by atoms with Gasteiger partial charge in [0, 0.05) is 25.2 Å². The van der Waals surface area contributed by atoms with Crippen LogP contribution in [0.25, 0.3) is 0 Å². The van der Waals surface area contributed by atoms with E-state index in [1.165, 1.54) is 6.07 Å². The third kappa shape index (κ3) is 4.25. The lowest BCUT2D eigenvalue weighted by atomic mass is 9.94. The number of aliphatic imine (C=N–C) groups is 1. The van der Waals surface area contributed by atoms with Crippen LogP contribution in [0.4, 0.5) is 0 Å². The summed E-state index contributed by atoms with van der Waals surface area (Å²) in [5, 5.41) is 20.2. The average molecular weight is 329 g/mol. The number of rotatable bonds is 0.